The van der Waals surface area contributed by atoms with Crippen molar-refractivity contribution in [1.29, 1.82) is 0 Å². The molecule has 274 valence electrons. The Labute approximate surface area is 303 Å². The number of nitrogens with one attached hydrogen (secondary N) is 4. The van der Waals surface area contributed by atoms with Crippen molar-refractivity contribution in [2.45, 2.75) is 82.3 Å². The van der Waals surface area contributed by atoms with Gasteiger partial charge < -0.3 is 37.5 Å². The van der Waals surface area contributed by atoms with Crippen LogP contribution in [0.25, 0.3) is 10.9 Å². The number of ketones is 1. The molecule has 0 radical (unpaired) electrons. The number of aromatic amines is 1. The molecule has 4 aromatic rings. The van der Waals surface area contributed by atoms with E-state index in [4.69, 9.17) is 11.5 Å². The third kappa shape index (κ3) is 10.9. The first-order valence-electron chi connectivity index (χ1n) is 18.0. The number of H-pyrrole nitrogens is 1. The predicted octanol–water partition coefficient (Wildman–Crippen LogP) is 3.56. The van der Waals surface area contributed by atoms with E-state index in [0.29, 0.717) is 38.5 Å². The van der Waals surface area contributed by atoms with E-state index in [1.54, 1.807) is 24.3 Å². The minimum absolute atomic E-state index is 0.0802. The van der Waals surface area contributed by atoms with E-state index in [2.05, 4.69) is 25.9 Å². The Bertz CT molecular complexity index is 1840. The summed E-state index contributed by atoms with van der Waals surface area (Å²) >= 11 is 0. The molecule has 12 heteroatoms. The number of nitrogens with zero attached hydrogens (tertiary/aromatic N) is 1. The molecule has 3 aromatic carbocycles. The van der Waals surface area contributed by atoms with Crippen molar-refractivity contribution in [1.82, 2.24) is 20.9 Å². The second kappa shape index (κ2) is 18.5. The molecular weight excluding hydrogens is 658 g/mol. The van der Waals surface area contributed by atoms with Gasteiger partial charge in [0.15, 0.2) is 11.7 Å². The van der Waals surface area contributed by atoms with Crippen molar-refractivity contribution in [3.05, 3.63) is 102 Å². The Morgan fingerprint density at radius 1 is 0.712 bits per heavy atom. The molecule has 3 amide bonds. The fourth-order valence-electron chi connectivity index (χ4n) is 6.71. The number of fused-ring (bicyclic) bond motifs is 1. The van der Waals surface area contributed by atoms with Crippen molar-refractivity contribution in [3.8, 4) is 5.75 Å². The van der Waals surface area contributed by atoms with Gasteiger partial charge in [-0.05, 0) is 67.0 Å². The first kappa shape index (κ1) is 37.6. The first-order chi connectivity index (χ1) is 25.2. The van der Waals surface area contributed by atoms with Gasteiger partial charge in [-0.15, -0.1) is 0 Å². The molecule has 4 atom stereocenters. The van der Waals surface area contributed by atoms with Crippen LogP contribution in [0.5, 0.6) is 5.75 Å². The first-order valence-corrected chi connectivity index (χ1v) is 18.0. The van der Waals surface area contributed by atoms with Crippen LogP contribution in [-0.4, -0.2) is 64.2 Å². The van der Waals surface area contributed by atoms with Crippen LogP contribution in [0.15, 0.2) is 90.1 Å². The smallest absolute Gasteiger partial charge is 0.243 e. The molecule has 9 N–H and O–H groups in total. The number of phenolic OH excluding ortho intramolecular Hbond substituents is 1. The van der Waals surface area contributed by atoms with Gasteiger partial charge in [-0.1, -0.05) is 73.5 Å². The number of carbonyl (C=O) groups is 4. The van der Waals surface area contributed by atoms with Gasteiger partial charge in [0.25, 0.3) is 0 Å². The maximum atomic E-state index is 14.1. The molecule has 1 aliphatic heterocycles. The number of guanidine groups is 1. The number of aromatic nitrogens is 1. The maximum Gasteiger partial charge on any atom is 0.243 e. The highest BCUT2D eigenvalue weighted by atomic mass is 16.3. The number of amides is 3. The lowest BCUT2D eigenvalue weighted by Gasteiger charge is -2.27. The summed E-state index contributed by atoms with van der Waals surface area (Å²) in [6.45, 7) is 0.239. The van der Waals surface area contributed by atoms with Gasteiger partial charge in [-0.25, -0.2) is 0 Å². The average molecular weight is 708 g/mol. The summed E-state index contributed by atoms with van der Waals surface area (Å²) in [4.78, 5) is 63.3. The Kier molecular flexibility index (Phi) is 13.4. The second-order valence-corrected chi connectivity index (χ2v) is 13.5. The van der Waals surface area contributed by atoms with Crippen LogP contribution in [0.3, 0.4) is 0 Å². The minimum atomic E-state index is -1.03. The summed E-state index contributed by atoms with van der Waals surface area (Å²) in [5, 5.41) is 19.7. The number of benzene rings is 3. The number of aliphatic imine (C=N–C) groups is 1. The summed E-state index contributed by atoms with van der Waals surface area (Å²) in [5.74, 6) is -1.81. The lowest BCUT2D eigenvalue weighted by atomic mass is 9.91. The van der Waals surface area contributed by atoms with Gasteiger partial charge in [0.05, 0.1) is 6.04 Å². The van der Waals surface area contributed by atoms with Gasteiger partial charge in [0, 0.05) is 48.8 Å². The van der Waals surface area contributed by atoms with Crippen molar-refractivity contribution < 1.29 is 24.3 Å². The van der Waals surface area contributed by atoms with E-state index >= 15 is 0 Å². The van der Waals surface area contributed by atoms with Gasteiger partial charge in [-0.2, -0.15) is 0 Å². The molecule has 0 aliphatic carbocycles. The van der Waals surface area contributed by atoms with E-state index < -0.39 is 35.9 Å². The summed E-state index contributed by atoms with van der Waals surface area (Å²) in [7, 11) is 0. The van der Waals surface area contributed by atoms with Gasteiger partial charge in [-0.3, -0.25) is 24.2 Å². The number of Topliss-reactive ketones (excluding diaryl/α,β-unsaturated/α-hetero) is 1. The number of aromatic hydroxyl groups is 1. The number of para-hydroxylation sites is 1. The number of hydrogen-bond donors (Lipinski definition) is 7. The Balaban J connectivity index is 1.45. The molecule has 12 nitrogen and oxygen atoms in total. The van der Waals surface area contributed by atoms with E-state index in [1.807, 2.05) is 60.8 Å². The number of rotatable bonds is 10. The zero-order chi connectivity index (χ0) is 36.9. The second-order valence-electron chi connectivity index (χ2n) is 13.5. The van der Waals surface area contributed by atoms with Gasteiger partial charge >= 0.3 is 0 Å². The van der Waals surface area contributed by atoms with Gasteiger partial charge in [0.2, 0.25) is 17.7 Å². The Morgan fingerprint density at radius 3 is 2.15 bits per heavy atom. The lowest BCUT2D eigenvalue weighted by Crippen LogP contribution is -2.57. The molecule has 4 unspecified atom stereocenters. The van der Waals surface area contributed by atoms with Crippen LogP contribution in [0.1, 0.15) is 61.6 Å². The average Bonchev–Trinajstić information content (AvgIpc) is 3.54. The van der Waals surface area contributed by atoms with Crippen LogP contribution in [-0.2, 0) is 38.4 Å². The van der Waals surface area contributed by atoms with Crippen LogP contribution >= 0.6 is 0 Å². The van der Waals surface area contributed by atoms with Gasteiger partial charge in [0.1, 0.15) is 17.8 Å². The van der Waals surface area contributed by atoms with Crippen LogP contribution in [0, 0.1) is 5.92 Å². The minimum Gasteiger partial charge on any atom is -0.508 e. The standard InChI is InChI=1S/C40H49N7O5/c41-40(42)43-21-9-15-33-38(51)46-34(24-29-25-44-32-14-8-7-13-31(29)32)36(49)16-6-2-5-12-28(22-27-17-19-30(48)20-18-27)37(50)47-35(39(52)45-33)23-26-10-3-1-4-11-26/h1,3-4,7-8,10-11,13-14,17-20,25,28,33-35,44,48H,2,5-6,9,12,15-16,21-24H2,(H,45,52)(H,46,51)(H,47,50)(H4,41,42,43). The molecule has 5 rings (SSSR count). The number of hydrogen-bond acceptors (Lipinski definition) is 6. The largest absolute Gasteiger partial charge is 0.508 e. The highest BCUT2D eigenvalue weighted by Gasteiger charge is 2.32. The van der Waals surface area contributed by atoms with Crippen LogP contribution in [0.2, 0.25) is 0 Å². The summed E-state index contributed by atoms with van der Waals surface area (Å²) in [5.41, 5.74) is 14.6. The van der Waals surface area contributed by atoms with E-state index in [0.717, 1.165) is 27.6 Å². The SMILES string of the molecule is NC(N)=NCCCC1NC(=O)C(Cc2ccccc2)NC(=O)C(Cc2ccc(O)cc2)CCCCCC(=O)C(Cc2c[nH]c3ccccc23)NC1=O. The monoisotopic (exact) mass is 707 g/mol. The quantitative estimate of drug-likeness (QED) is 0.0741. The zero-order valence-electron chi connectivity index (χ0n) is 29.4. The molecule has 1 aliphatic rings. The molecule has 1 saturated heterocycles. The molecule has 0 saturated carbocycles. The van der Waals surface area contributed by atoms with Crippen LogP contribution in [0.4, 0.5) is 0 Å². The summed E-state index contributed by atoms with van der Waals surface area (Å²) in [6, 6.07) is 21.1. The molecular formula is C40H49N7O5. The lowest BCUT2D eigenvalue weighted by molar-refractivity contribution is -0.134. The summed E-state index contributed by atoms with van der Waals surface area (Å²) < 4.78 is 0. The van der Waals surface area contributed by atoms with E-state index in [-0.39, 0.29) is 55.6 Å². The van der Waals surface area contributed by atoms with E-state index in [9.17, 15) is 24.3 Å². The van der Waals surface area contributed by atoms with Crippen molar-refractivity contribution in [2.75, 3.05) is 6.54 Å². The third-order valence-electron chi connectivity index (χ3n) is 9.56. The molecule has 0 bridgehead atoms. The fourth-order valence-corrected chi connectivity index (χ4v) is 6.71. The highest BCUT2D eigenvalue weighted by molar-refractivity contribution is 5.95. The normalized spacial score (nSPS) is 20.8. The van der Waals surface area contributed by atoms with Crippen molar-refractivity contribution >= 4 is 40.4 Å². The number of phenols is 1. The van der Waals surface area contributed by atoms with Crippen molar-refractivity contribution in [3.63, 3.8) is 0 Å². The Morgan fingerprint density at radius 2 is 1.38 bits per heavy atom. The highest BCUT2D eigenvalue weighted by Crippen LogP contribution is 2.22. The molecule has 52 heavy (non-hydrogen) atoms. The number of carbonyl (C=O) groups excluding carboxylic acids is 4. The maximum absolute atomic E-state index is 14.1. The zero-order valence-corrected chi connectivity index (χ0v) is 29.4. The fraction of sp³-hybridized carbons (Fsp3) is 0.375. The molecule has 2 heterocycles. The molecule has 1 fully saturated rings. The van der Waals surface area contributed by atoms with E-state index in [1.165, 1.54) is 0 Å². The third-order valence-corrected chi connectivity index (χ3v) is 9.56. The topological polar surface area (TPSA) is 205 Å². The molecule has 0 spiro atoms. The predicted molar refractivity (Wildman–Crippen MR) is 201 cm³/mol. The number of nitrogens with two attached hydrogens (primary N) is 2. The Hall–Kier alpha value is -5.65. The molecule has 1 aromatic heterocycles. The van der Waals surface area contributed by atoms with Crippen LogP contribution < -0.4 is 27.4 Å². The van der Waals surface area contributed by atoms with Crippen molar-refractivity contribution in [2.24, 2.45) is 22.4 Å². The summed E-state index contributed by atoms with van der Waals surface area (Å²) in [6.07, 6.45) is 6.12.